The van der Waals surface area contributed by atoms with Crippen molar-refractivity contribution in [3.05, 3.63) is 0 Å². The van der Waals surface area contributed by atoms with Crippen LogP contribution in [0.1, 0.15) is 32.1 Å². The van der Waals surface area contributed by atoms with Crippen LogP contribution in [0.2, 0.25) is 0 Å². The molecule has 0 saturated heterocycles. The van der Waals surface area contributed by atoms with Crippen molar-refractivity contribution in [1.29, 1.82) is 0 Å². The van der Waals surface area contributed by atoms with E-state index in [0.29, 0.717) is 25.7 Å². The number of unbranched alkanes of at least 4 members (excludes halogenated alkanes) is 1. The van der Waals surface area contributed by atoms with Gasteiger partial charge in [0.1, 0.15) is 0 Å². The summed E-state index contributed by atoms with van der Waals surface area (Å²) in [6.45, 7) is -0.0310. The number of aliphatic hydroxyl groups excluding tert-OH is 1. The van der Waals surface area contributed by atoms with E-state index in [4.69, 9.17) is 5.11 Å². The largest absolute Gasteiger partial charge is 0.469 e. The minimum absolute atomic E-state index is 0.0310. The number of carbonyl (C=O) groups is 2. The number of aliphatic hydroxyl groups is 1. The predicted molar refractivity (Wildman–Crippen MR) is 57.7 cm³/mol. The molecule has 0 amide bonds. The second kappa shape index (κ2) is 9.15. The third-order valence-electron chi connectivity index (χ3n) is 2.42. The number of methoxy groups -OCH3 is 2. The molecular formula is C11H20O5. The van der Waals surface area contributed by atoms with Crippen molar-refractivity contribution in [1.82, 2.24) is 0 Å². The molecule has 0 aromatic heterocycles. The molecule has 0 rings (SSSR count). The van der Waals surface area contributed by atoms with Gasteiger partial charge in [0.2, 0.25) is 0 Å². The Morgan fingerprint density at radius 3 is 2.31 bits per heavy atom. The maximum absolute atomic E-state index is 11.3. The lowest BCUT2D eigenvalue weighted by Crippen LogP contribution is -2.17. The van der Waals surface area contributed by atoms with Crippen molar-refractivity contribution in [2.24, 2.45) is 5.92 Å². The van der Waals surface area contributed by atoms with Crippen molar-refractivity contribution >= 4 is 11.9 Å². The summed E-state index contributed by atoms with van der Waals surface area (Å²) in [4.78, 5) is 22.1. The van der Waals surface area contributed by atoms with Gasteiger partial charge in [-0.15, -0.1) is 0 Å². The van der Waals surface area contributed by atoms with Crippen molar-refractivity contribution in [2.75, 3.05) is 20.8 Å². The van der Waals surface area contributed by atoms with Crippen LogP contribution in [0.3, 0.4) is 0 Å². The highest BCUT2D eigenvalue weighted by Crippen LogP contribution is 2.15. The van der Waals surface area contributed by atoms with Gasteiger partial charge >= 0.3 is 11.9 Å². The molecular weight excluding hydrogens is 212 g/mol. The minimum atomic E-state index is -0.299. The van der Waals surface area contributed by atoms with Crippen LogP contribution in [-0.4, -0.2) is 37.9 Å². The number of esters is 2. The molecule has 0 heterocycles. The summed E-state index contributed by atoms with van der Waals surface area (Å²) in [5.41, 5.74) is 0. The normalized spacial score (nSPS) is 11.9. The fraction of sp³-hybridized carbons (Fsp3) is 0.818. The van der Waals surface area contributed by atoms with Crippen LogP contribution in [0, 0.1) is 5.92 Å². The topological polar surface area (TPSA) is 72.8 Å². The smallest absolute Gasteiger partial charge is 0.308 e. The Labute approximate surface area is 95.7 Å². The van der Waals surface area contributed by atoms with Gasteiger partial charge in [0.15, 0.2) is 0 Å². The average molecular weight is 232 g/mol. The first-order valence-corrected chi connectivity index (χ1v) is 5.41. The molecule has 5 nitrogen and oxygen atoms in total. The number of hydrogen-bond acceptors (Lipinski definition) is 5. The maximum atomic E-state index is 11.3. The SMILES string of the molecule is COC(=O)CCCCC(CCO)C(=O)OC. The Bertz CT molecular complexity index is 214. The quantitative estimate of drug-likeness (QED) is 0.497. The lowest BCUT2D eigenvalue weighted by molar-refractivity contribution is -0.146. The summed E-state index contributed by atoms with van der Waals surface area (Å²) in [5, 5.41) is 8.78. The van der Waals surface area contributed by atoms with E-state index in [1.807, 2.05) is 0 Å². The summed E-state index contributed by atoms with van der Waals surface area (Å²) in [5.74, 6) is -0.809. The third-order valence-corrected chi connectivity index (χ3v) is 2.42. The number of ether oxygens (including phenoxy) is 2. The Hall–Kier alpha value is -1.10. The van der Waals surface area contributed by atoms with Gasteiger partial charge in [-0.2, -0.15) is 0 Å². The first-order valence-electron chi connectivity index (χ1n) is 5.41. The van der Waals surface area contributed by atoms with Gasteiger partial charge in [-0.1, -0.05) is 6.42 Å². The van der Waals surface area contributed by atoms with Gasteiger partial charge in [0.05, 0.1) is 20.1 Å². The van der Waals surface area contributed by atoms with Crippen molar-refractivity contribution < 1.29 is 24.2 Å². The van der Waals surface area contributed by atoms with E-state index in [2.05, 4.69) is 9.47 Å². The second-order valence-corrected chi connectivity index (χ2v) is 3.55. The molecule has 1 atom stereocenters. The van der Waals surface area contributed by atoms with Crippen molar-refractivity contribution in [3.63, 3.8) is 0 Å². The third kappa shape index (κ3) is 6.40. The van der Waals surface area contributed by atoms with Gasteiger partial charge in [-0.3, -0.25) is 9.59 Å². The first kappa shape index (κ1) is 14.9. The van der Waals surface area contributed by atoms with Crippen LogP contribution in [0.15, 0.2) is 0 Å². The van der Waals surface area contributed by atoms with Gasteiger partial charge in [-0.05, 0) is 19.3 Å². The molecule has 0 aliphatic heterocycles. The summed E-state index contributed by atoms with van der Waals surface area (Å²) >= 11 is 0. The summed E-state index contributed by atoms with van der Waals surface area (Å²) in [7, 11) is 2.69. The standard InChI is InChI=1S/C11H20O5/c1-15-10(13)6-4-3-5-9(7-8-12)11(14)16-2/h9,12H,3-8H2,1-2H3. The fourth-order valence-corrected chi connectivity index (χ4v) is 1.46. The van der Waals surface area contributed by atoms with Gasteiger partial charge < -0.3 is 14.6 Å². The van der Waals surface area contributed by atoms with Crippen LogP contribution in [0.5, 0.6) is 0 Å². The van der Waals surface area contributed by atoms with Crippen LogP contribution >= 0.6 is 0 Å². The Kier molecular flexibility index (Phi) is 8.52. The highest BCUT2D eigenvalue weighted by molar-refractivity contribution is 5.72. The highest BCUT2D eigenvalue weighted by atomic mass is 16.5. The average Bonchev–Trinajstić information content (AvgIpc) is 2.31. The maximum Gasteiger partial charge on any atom is 0.308 e. The molecule has 0 aliphatic rings. The minimum Gasteiger partial charge on any atom is -0.469 e. The highest BCUT2D eigenvalue weighted by Gasteiger charge is 2.17. The van der Waals surface area contributed by atoms with Crippen LogP contribution in [0.25, 0.3) is 0 Å². The van der Waals surface area contributed by atoms with Crippen molar-refractivity contribution in [3.8, 4) is 0 Å². The van der Waals surface area contributed by atoms with E-state index in [1.54, 1.807) is 0 Å². The molecule has 0 saturated carbocycles. The van der Waals surface area contributed by atoms with E-state index in [-0.39, 0.29) is 24.5 Å². The number of rotatable bonds is 8. The molecule has 0 radical (unpaired) electrons. The molecule has 0 fully saturated rings. The van der Waals surface area contributed by atoms with Gasteiger partial charge in [0.25, 0.3) is 0 Å². The first-order chi connectivity index (χ1) is 7.65. The second-order valence-electron chi connectivity index (χ2n) is 3.55. The zero-order chi connectivity index (χ0) is 12.4. The van der Waals surface area contributed by atoms with E-state index in [9.17, 15) is 9.59 Å². The molecule has 0 aromatic rings. The lowest BCUT2D eigenvalue weighted by Gasteiger charge is -2.12. The Morgan fingerprint density at radius 2 is 1.81 bits per heavy atom. The summed E-state index contributed by atoms with van der Waals surface area (Å²) in [6.07, 6.45) is 2.83. The molecule has 1 N–H and O–H groups in total. The lowest BCUT2D eigenvalue weighted by atomic mass is 9.98. The summed E-state index contributed by atoms with van der Waals surface area (Å²) in [6, 6.07) is 0. The molecule has 0 bridgehead atoms. The Balaban J connectivity index is 3.76. The van der Waals surface area contributed by atoms with Crippen molar-refractivity contribution in [2.45, 2.75) is 32.1 Å². The summed E-state index contributed by atoms with van der Waals surface area (Å²) < 4.78 is 9.13. The molecule has 5 heteroatoms. The number of carbonyl (C=O) groups excluding carboxylic acids is 2. The fourth-order valence-electron chi connectivity index (χ4n) is 1.46. The van der Waals surface area contributed by atoms with E-state index in [1.165, 1.54) is 14.2 Å². The van der Waals surface area contributed by atoms with Gasteiger partial charge in [-0.25, -0.2) is 0 Å². The molecule has 94 valence electrons. The predicted octanol–water partition coefficient (Wildman–Crippen LogP) is 0.891. The van der Waals surface area contributed by atoms with Crippen LogP contribution in [-0.2, 0) is 19.1 Å². The molecule has 0 spiro atoms. The van der Waals surface area contributed by atoms with Crippen LogP contribution < -0.4 is 0 Å². The van der Waals surface area contributed by atoms with E-state index in [0.717, 1.165) is 6.42 Å². The van der Waals surface area contributed by atoms with Crippen LogP contribution in [0.4, 0.5) is 0 Å². The zero-order valence-electron chi connectivity index (χ0n) is 9.90. The zero-order valence-corrected chi connectivity index (χ0v) is 9.90. The molecule has 0 aliphatic carbocycles. The molecule has 0 aromatic carbocycles. The molecule has 1 unspecified atom stereocenters. The number of hydrogen-bond donors (Lipinski definition) is 1. The van der Waals surface area contributed by atoms with Gasteiger partial charge in [0, 0.05) is 13.0 Å². The van der Waals surface area contributed by atoms with E-state index >= 15 is 0 Å². The monoisotopic (exact) mass is 232 g/mol. The Morgan fingerprint density at radius 1 is 1.12 bits per heavy atom. The van der Waals surface area contributed by atoms with E-state index < -0.39 is 0 Å². The molecule has 16 heavy (non-hydrogen) atoms.